The summed E-state index contributed by atoms with van der Waals surface area (Å²) in [6.07, 6.45) is 0.309. The van der Waals surface area contributed by atoms with Crippen LogP contribution in [0.4, 0.5) is 8.78 Å². The SMILES string of the molecule is CCOC(=O)C(=O)CC(=O)c1cn(Cc2ccc(F)cc2)c2c(F)cccc2c1=O. The van der Waals surface area contributed by atoms with E-state index in [2.05, 4.69) is 4.74 Å². The molecule has 1 aromatic heterocycles. The number of carbonyl (C=O) groups excluding carboxylic acids is 3. The van der Waals surface area contributed by atoms with E-state index in [-0.39, 0.29) is 29.6 Å². The van der Waals surface area contributed by atoms with Gasteiger partial charge in [0.25, 0.3) is 0 Å². The van der Waals surface area contributed by atoms with Gasteiger partial charge in [-0.05, 0) is 36.8 Å². The third-order valence-electron chi connectivity index (χ3n) is 4.44. The first-order valence-electron chi connectivity index (χ1n) is 9.11. The Labute approximate surface area is 169 Å². The molecular weight excluding hydrogens is 396 g/mol. The fourth-order valence-electron chi connectivity index (χ4n) is 3.05. The number of ketones is 2. The number of esters is 1. The molecule has 3 rings (SSSR count). The molecule has 3 aromatic rings. The number of aromatic nitrogens is 1. The van der Waals surface area contributed by atoms with Crippen molar-refractivity contribution in [1.29, 1.82) is 0 Å². The Bertz CT molecular complexity index is 1200. The normalized spacial score (nSPS) is 10.8. The van der Waals surface area contributed by atoms with Crippen molar-refractivity contribution in [3.05, 3.63) is 81.6 Å². The number of para-hydroxylation sites is 1. The van der Waals surface area contributed by atoms with Gasteiger partial charge in [-0.15, -0.1) is 0 Å². The molecule has 0 atom stereocenters. The number of rotatable bonds is 7. The first kappa shape index (κ1) is 21.0. The summed E-state index contributed by atoms with van der Waals surface area (Å²) in [6.45, 7) is 1.53. The highest BCUT2D eigenvalue weighted by Crippen LogP contribution is 2.19. The van der Waals surface area contributed by atoms with Gasteiger partial charge in [-0.3, -0.25) is 14.4 Å². The first-order valence-corrected chi connectivity index (χ1v) is 9.11. The lowest BCUT2D eigenvalue weighted by molar-refractivity contribution is -0.153. The van der Waals surface area contributed by atoms with Crippen molar-refractivity contribution < 1.29 is 27.9 Å². The summed E-state index contributed by atoms with van der Waals surface area (Å²) in [5.41, 5.74) is -0.528. The molecule has 0 aliphatic heterocycles. The van der Waals surface area contributed by atoms with E-state index in [1.165, 1.54) is 54.0 Å². The maximum atomic E-state index is 14.5. The highest BCUT2D eigenvalue weighted by Gasteiger charge is 2.23. The van der Waals surface area contributed by atoms with Crippen molar-refractivity contribution in [3.8, 4) is 0 Å². The van der Waals surface area contributed by atoms with Crippen LogP contribution in [0.1, 0.15) is 29.3 Å². The number of benzene rings is 2. The summed E-state index contributed by atoms with van der Waals surface area (Å²) in [5.74, 6) is -4.23. The molecule has 2 aromatic carbocycles. The zero-order valence-electron chi connectivity index (χ0n) is 16.0. The van der Waals surface area contributed by atoms with Crippen molar-refractivity contribution in [2.45, 2.75) is 19.9 Å². The number of hydrogen-bond donors (Lipinski definition) is 0. The summed E-state index contributed by atoms with van der Waals surface area (Å²) in [6, 6.07) is 9.33. The third kappa shape index (κ3) is 4.32. The van der Waals surface area contributed by atoms with Gasteiger partial charge >= 0.3 is 5.97 Å². The number of carbonyl (C=O) groups is 3. The van der Waals surface area contributed by atoms with E-state index in [1.807, 2.05) is 0 Å². The van der Waals surface area contributed by atoms with Crippen LogP contribution in [0, 0.1) is 11.6 Å². The lowest BCUT2D eigenvalue weighted by atomic mass is 10.0. The second kappa shape index (κ2) is 8.77. The number of hydrogen-bond acceptors (Lipinski definition) is 5. The fourth-order valence-corrected chi connectivity index (χ4v) is 3.05. The van der Waals surface area contributed by atoms with Crippen LogP contribution in [-0.2, 0) is 20.9 Å². The molecule has 0 aliphatic rings. The molecule has 0 saturated heterocycles. The average Bonchev–Trinajstić information content (AvgIpc) is 2.71. The quantitative estimate of drug-likeness (QED) is 0.257. The molecular formula is C22H17F2NO5. The van der Waals surface area contributed by atoms with Gasteiger partial charge in [0, 0.05) is 18.1 Å². The summed E-state index contributed by atoms with van der Waals surface area (Å²) < 4.78 is 33.6. The zero-order valence-corrected chi connectivity index (χ0v) is 16.0. The molecule has 0 unspecified atom stereocenters. The number of nitrogens with zero attached hydrogens (tertiary/aromatic N) is 1. The van der Waals surface area contributed by atoms with E-state index in [1.54, 1.807) is 0 Å². The molecule has 30 heavy (non-hydrogen) atoms. The van der Waals surface area contributed by atoms with Crippen molar-refractivity contribution in [3.63, 3.8) is 0 Å². The van der Waals surface area contributed by atoms with Crippen LogP contribution in [0.5, 0.6) is 0 Å². The molecule has 154 valence electrons. The van der Waals surface area contributed by atoms with E-state index in [4.69, 9.17) is 0 Å². The summed E-state index contributed by atoms with van der Waals surface area (Å²) in [4.78, 5) is 48.7. The predicted molar refractivity (Wildman–Crippen MR) is 104 cm³/mol. The van der Waals surface area contributed by atoms with E-state index in [0.717, 1.165) is 6.20 Å². The van der Waals surface area contributed by atoms with Crippen LogP contribution < -0.4 is 5.43 Å². The highest BCUT2D eigenvalue weighted by atomic mass is 19.1. The molecule has 0 saturated carbocycles. The molecule has 1 heterocycles. The van der Waals surface area contributed by atoms with E-state index >= 15 is 0 Å². The van der Waals surface area contributed by atoms with Gasteiger partial charge in [-0.25, -0.2) is 13.6 Å². The average molecular weight is 413 g/mol. The molecule has 0 spiro atoms. The Morgan fingerprint density at radius 3 is 2.40 bits per heavy atom. The Balaban J connectivity index is 2.07. The second-order valence-corrected chi connectivity index (χ2v) is 6.51. The predicted octanol–water partition coefficient (Wildman–Crippen LogP) is 3.03. The maximum absolute atomic E-state index is 14.5. The van der Waals surface area contributed by atoms with Crippen LogP contribution in [0.25, 0.3) is 10.9 Å². The molecule has 0 bridgehead atoms. The van der Waals surface area contributed by atoms with Crippen molar-refractivity contribution >= 4 is 28.4 Å². The van der Waals surface area contributed by atoms with Crippen molar-refractivity contribution in [1.82, 2.24) is 4.57 Å². The molecule has 0 aliphatic carbocycles. The van der Waals surface area contributed by atoms with Crippen LogP contribution in [0.2, 0.25) is 0 Å². The Morgan fingerprint density at radius 1 is 1.03 bits per heavy atom. The van der Waals surface area contributed by atoms with Gasteiger partial charge < -0.3 is 9.30 Å². The number of Topliss-reactive ketones (excluding diaryl/α,β-unsaturated/α-hetero) is 2. The fraction of sp³-hybridized carbons (Fsp3) is 0.182. The van der Waals surface area contributed by atoms with Gasteiger partial charge in [-0.2, -0.15) is 0 Å². The molecule has 6 nitrogen and oxygen atoms in total. The van der Waals surface area contributed by atoms with E-state index < -0.39 is 41.0 Å². The minimum atomic E-state index is -1.16. The molecule has 0 amide bonds. The number of fused-ring (bicyclic) bond motifs is 1. The van der Waals surface area contributed by atoms with Gasteiger partial charge in [-0.1, -0.05) is 18.2 Å². The second-order valence-electron chi connectivity index (χ2n) is 6.51. The van der Waals surface area contributed by atoms with Crippen LogP contribution in [0.15, 0.2) is 53.5 Å². The summed E-state index contributed by atoms with van der Waals surface area (Å²) in [5, 5.41) is -0.0495. The van der Waals surface area contributed by atoms with Crippen LogP contribution in [-0.4, -0.2) is 28.7 Å². The standard InChI is InChI=1S/C22H17F2NO5/c1-2-30-22(29)19(27)10-18(26)16-12-25(11-13-6-8-14(23)9-7-13)20-15(21(16)28)4-3-5-17(20)24/h3-9,12H,2,10-11H2,1H3. The minimum absolute atomic E-state index is 0.0277. The van der Waals surface area contributed by atoms with E-state index in [0.29, 0.717) is 5.56 Å². The van der Waals surface area contributed by atoms with Gasteiger partial charge in [0.1, 0.15) is 11.6 Å². The Hall–Kier alpha value is -3.68. The Morgan fingerprint density at radius 2 is 1.73 bits per heavy atom. The number of halogens is 2. The van der Waals surface area contributed by atoms with Crippen molar-refractivity contribution in [2.75, 3.05) is 6.61 Å². The molecule has 0 fully saturated rings. The Kier molecular flexibility index (Phi) is 6.15. The topological polar surface area (TPSA) is 82.4 Å². The molecule has 8 heteroatoms. The smallest absolute Gasteiger partial charge is 0.375 e. The van der Waals surface area contributed by atoms with E-state index in [9.17, 15) is 28.0 Å². The monoisotopic (exact) mass is 413 g/mol. The minimum Gasteiger partial charge on any atom is -0.460 e. The lowest BCUT2D eigenvalue weighted by Crippen LogP contribution is -2.25. The zero-order chi connectivity index (χ0) is 21.8. The highest BCUT2D eigenvalue weighted by molar-refractivity contribution is 6.38. The number of ether oxygens (including phenoxy) is 1. The third-order valence-corrected chi connectivity index (χ3v) is 4.44. The number of pyridine rings is 1. The molecule has 0 radical (unpaired) electrons. The maximum Gasteiger partial charge on any atom is 0.375 e. The van der Waals surface area contributed by atoms with Gasteiger partial charge in [0.2, 0.25) is 5.78 Å². The van der Waals surface area contributed by atoms with Crippen molar-refractivity contribution in [2.24, 2.45) is 0 Å². The van der Waals surface area contributed by atoms with Crippen LogP contribution in [0.3, 0.4) is 0 Å². The van der Waals surface area contributed by atoms with Gasteiger partial charge in [0.15, 0.2) is 11.2 Å². The lowest BCUT2D eigenvalue weighted by Gasteiger charge is -2.14. The largest absolute Gasteiger partial charge is 0.460 e. The first-order chi connectivity index (χ1) is 14.3. The molecule has 0 N–H and O–H groups in total. The van der Waals surface area contributed by atoms with Gasteiger partial charge in [0.05, 0.1) is 24.1 Å². The summed E-state index contributed by atoms with van der Waals surface area (Å²) >= 11 is 0. The van der Waals surface area contributed by atoms with Crippen LogP contribution >= 0.6 is 0 Å². The summed E-state index contributed by atoms with van der Waals surface area (Å²) in [7, 11) is 0.